The van der Waals surface area contributed by atoms with Gasteiger partial charge in [0.05, 0.1) is 5.56 Å². The Bertz CT molecular complexity index is 521. The van der Waals surface area contributed by atoms with Gasteiger partial charge in [-0.05, 0) is 12.1 Å². The molecule has 2 rings (SSSR count). The number of primary amides is 1. The van der Waals surface area contributed by atoms with E-state index in [1.165, 1.54) is 0 Å². The van der Waals surface area contributed by atoms with E-state index in [-0.39, 0.29) is 6.10 Å². The van der Waals surface area contributed by atoms with Crippen LogP contribution < -0.4 is 10.6 Å². The molecule has 1 fully saturated rings. The number of ether oxygens (including phenoxy) is 1. The third-order valence-electron chi connectivity index (χ3n) is 2.99. The molecule has 6 nitrogen and oxygen atoms in total. The molecule has 0 aliphatic carbocycles. The molecule has 0 unspecified atom stereocenters. The van der Waals surface area contributed by atoms with Gasteiger partial charge in [-0.15, -0.1) is 0 Å². The standard InChI is InChI=1S/C12H13ClN4O2/c13-10-2-1-8(7-14)11(16-10)17-5-3-9(4-6-17)19-12(15)18/h1-2,9H,3-6H2,(H2,15,18). The average Bonchev–Trinajstić information content (AvgIpc) is 2.39. The van der Waals surface area contributed by atoms with Gasteiger partial charge in [0.15, 0.2) is 0 Å². The number of amides is 1. The minimum atomic E-state index is -0.753. The van der Waals surface area contributed by atoms with Gasteiger partial charge in [0.25, 0.3) is 0 Å². The number of nitrogens with zero attached hydrogens (tertiary/aromatic N) is 3. The number of rotatable bonds is 2. The van der Waals surface area contributed by atoms with Gasteiger partial charge in [0.1, 0.15) is 23.1 Å². The Balaban J connectivity index is 2.07. The van der Waals surface area contributed by atoms with E-state index < -0.39 is 6.09 Å². The number of hydrogen-bond acceptors (Lipinski definition) is 5. The molecule has 7 heteroatoms. The summed E-state index contributed by atoms with van der Waals surface area (Å²) in [7, 11) is 0. The molecule has 0 spiro atoms. The van der Waals surface area contributed by atoms with Crippen molar-refractivity contribution in [1.29, 1.82) is 5.26 Å². The van der Waals surface area contributed by atoms with E-state index in [1.54, 1.807) is 12.1 Å². The quantitative estimate of drug-likeness (QED) is 0.832. The van der Waals surface area contributed by atoms with E-state index in [4.69, 9.17) is 27.3 Å². The van der Waals surface area contributed by atoms with Gasteiger partial charge in [-0.3, -0.25) is 0 Å². The SMILES string of the molecule is N#Cc1ccc(Cl)nc1N1CCC(OC(N)=O)CC1. The predicted octanol–water partition coefficient (Wildman–Crippen LogP) is 1.67. The number of anilines is 1. The van der Waals surface area contributed by atoms with Gasteiger partial charge < -0.3 is 15.4 Å². The Morgan fingerprint density at radius 2 is 2.21 bits per heavy atom. The van der Waals surface area contributed by atoms with Crippen molar-refractivity contribution >= 4 is 23.5 Å². The molecule has 0 bridgehead atoms. The summed E-state index contributed by atoms with van der Waals surface area (Å²) in [5.41, 5.74) is 5.47. The molecular formula is C12H13ClN4O2. The maximum absolute atomic E-state index is 10.7. The number of carbonyl (C=O) groups excluding carboxylic acids is 1. The monoisotopic (exact) mass is 280 g/mol. The second-order valence-corrected chi connectivity index (χ2v) is 4.63. The summed E-state index contributed by atoms with van der Waals surface area (Å²) in [6, 6.07) is 5.33. The number of halogens is 1. The minimum absolute atomic E-state index is 0.168. The van der Waals surface area contributed by atoms with E-state index in [9.17, 15) is 4.79 Å². The van der Waals surface area contributed by atoms with Crippen LogP contribution in [-0.2, 0) is 4.74 Å². The number of hydrogen-bond donors (Lipinski definition) is 1. The Hall–Kier alpha value is -2.00. The smallest absolute Gasteiger partial charge is 0.404 e. The van der Waals surface area contributed by atoms with Crippen LogP contribution >= 0.6 is 11.6 Å². The van der Waals surface area contributed by atoms with Crippen molar-refractivity contribution in [2.75, 3.05) is 18.0 Å². The van der Waals surface area contributed by atoms with Crippen LogP contribution in [0.1, 0.15) is 18.4 Å². The Labute approximate surface area is 115 Å². The van der Waals surface area contributed by atoms with Crippen molar-refractivity contribution in [2.24, 2.45) is 5.73 Å². The Morgan fingerprint density at radius 3 is 2.79 bits per heavy atom. The fourth-order valence-corrected chi connectivity index (χ4v) is 2.25. The van der Waals surface area contributed by atoms with E-state index >= 15 is 0 Å². The van der Waals surface area contributed by atoms with Crippen molar-refractivity contribution in [3.63, 3.8) is 0 Å². The minimum Gasteiger partial charge on any atom is -0.446 e. The Kier molecular flexibility index (Phi) is 4.07. The first-order valence-electron chi connectivity index (χ1n) is 5.88. The number of pyridine rings is 1. The summed E-state index contributed by atoms with van der Waals surface area (Å²) < 4.78 is 4.96. The molecule has 1 aromatic rings. The lowest BCUT2D eigenvalue weighted by molar-refractivity contribution is 0.0911. The van der Waals surface area contributed by atoms with E-state index in [0.29, 0.717) is 42.5 Å². The molecule has 1 aliphatic heterocycles. The second kappa shape index (κ2) is 5.76. The first-order valence-corrected chi connectivity index (χ1v) is 6.25. The maximum Gasteiger partial charge on any atom is 0.404 e. The molecule has 100 valence electrons. The molecule has 1 aromatic heterocycles. The molecule has 1 aliphatic rings. The summed E-state index contributed by atoms with van der Waals surface area (Å²) in [6.45, 7) is 1.28. The first kappa shape index (κ1) is 13.4. The van der Waals surface area contributed by atoms with Gasteiger partial charge in [-0.1, -0.05) is 11.6 Å². The number of carbonyl (C=O) groups is 1. The van der Waals surface area contributed by atoms with Gasteiger partial charge >= 0.3 is 6.09 Å². The van der Waals surface area contributed by atoms with Crippen molar-refractivity contribution < 1.29 is 9.53 Å². The number of nitriles is 1. The second-order valence-electron chi connectivity index (χ2n) is 4.24. The molecule has 2 heterocycles. The molecule has 2 N–H and O–H groups in total. The van der Waals surface area contributed by atoms with Gasteiger partial charge in [-0.2, -0.15) is 5.26 Å². The van der Waals surface area contributed by atoms with Crippen molar-refractivity contribution in [1.82, 2.24) is 4.98 Å². The molecule has 19 heavy (non-hydrogen) atoms. The third kappa shape index (κ3) is 3.26. The predicted molar refractivity (Wildman–Crippen MR) is 69.9 cm³/mol. The summed E-state index contributed by atoms with van der Waals surface area (Å²) >= 11 is 5.86. The molecular weight excluding hydrogens is 268 g/mol. The van der Waals surface area contributed by atoms with Gasteiger partial charge in [-0.25, -0.2) is 9.78 Å². The van der Waals surface area contributed by atoms with Crippen LogP contribution in [0.15, 0.2) is 12.1 Å². The highest BCUT2D eigenvalue weighted by molar-refractivity contribution is 6.29. The fourth-order valence-electron chi connectivity index (χ4n) is 2.10. The topological polar surface area (TPSA) is 92.2 Å². The van der Waals surface area contributed by atoms with Crippen LogP contribution in [0.2, 0.25) is 5.15 Å². The first-order chi connectivity index (χ1) is 9.10. The van der Waals surface area contributed by atoms with E-state index in [1.807, 2.05) is 4.90 Å². The molecule has 1 saturated heterocycles. The van der Waals surface area contributed by atoms with Crippen LogP contribution in [0.3, 0.4) is 0 Å². The zero-order valence-corrected chi connectivity index (χ0v) is 10.9. The van der Waals surface area contributed by atoms with Crippen LogP contribution in [0.4, 0.5) is 10.6 Å². The normalized spacial score (nSPS) is 15.9. The molecule has 0 atom stereocenters. The summed E-state index contributed by atoms with van der Waals surface area (Å²) in [4.78, 5) is 16.8. The lowest BCUT2D eigenvalue weighted by Gasteiger charge is -2.32. The van der Waals surface area contributed by atoms with E-state index in [0.717, 1.165) is 0 Å². The van der Waals surface area contributed by atoms with E-state index in [2.05, 4.69) is 11.1 Å². The van der Waals surface area contributed by atoms with Crippen molar-refractivity contribution in [3.05, 3.63) is 22.8 Å². The summed E-state index contributed by atoms with van der Waals surface area (Å²) in [5, 5.41) is 9.42. The molecule has 0 aromatic carbocycles. The third-order valence-corrected chi connectivity index (χ3v) is 3.20. The number of aromatic nitrogens is 1. The summed E-state index contributed by atoms with van der Waals surface area (Å²) in [5.74, 6) is 0.576. The van der Waals surface area contributed by atoms with Gasteiger partial charge in [0.2, 0.25) is 0 Å². The lowest BCUT2D eigenvalue weighted by atomic mass is 10.1. The largest absolute Gasteiger partial charge is 0.446 e. The number of piperidine rings is 1. The highest BCUT2D eigenvalue weighted by atomic mass is 35.5. The van der Waals surface area contributed by atoms with Crippen LogP contribution in [0, 0.1) is 11.3 Å². The molecule has 0 saturated carbocycles. The highest BCUT2D eigenvalue weighted by Crippen LogP contribution is 2.24. The Morgan fingerprint density at radius 1 is 1.53 bits per heavy atom. The lowest BCUT2D eigenvalue weighted by Crippen LogP contribution is -2.39. The molecule has 1 amide bonds. The summed E-state index contributed by atoms with van der Waals surface area (Å²) in [6.07, 6.45) is 0.389. The fraction of sp³-hybridized carbons (Fsp3) is 0.417. The molecule has 0 radical (unpaired) electrons. The van der Waals surface area contributed by atoms with Crippen LogP contribution in [0.25, 0.3) is 0 Å². The highest BCUT2D eigenvalue weighted by Gasteiger charge is 2.24. The average molecular weight is 281 g/mol. The van der Waals surface area contributed by atoms with Crippen LogP contribution in [0.5, 0.6) is 0 Å². The maximum atomic E-state index is 10.7. The van der Waals surface area contributed by atoms with Crippen molar-refractivity contribution in [3.8, 4) is 6.07 Å². The number of nitrogens with two attached hydrogens (primary N) is 1. The zero-order valence-electron chi connectivity index (χ0n) is 10.2. The zero-order chi connectivity index (χ0) is 13.8. The van der Waals surface area contributed by atoms with Crippen LogP contribution in [-0.4, -0.2) is 30.3 Å². The van der Waals surface area contributed by atoms with Gasteiger partial charge in [0, 0.05) is 25.9 Å². The van der Waals surface area contributed by atoms with Crippen molar-refractivity contribution in [2.45, 2.75) is 18.9 Å².